The van der Waals surface area contributed by atoms with Crippen LogP contribution >= 0.6 is 0 Å². The smallest absolute Gasteiger partial charge is 0.269 e. The molecule has 0 aliphatic carbocycles. The van der Waals surface area contributed by atoms with Gasteiger partial charge in [-0.3, -0.25) is 14.4 Å². The molecule has 5 rings (SSSR count). The van der Waals surface area contributed by atoms with Gasteiger partial charge in [-0.05, 0) is 60.7 Å². The van der Waals surface area contributed by atoms with Gasteiger partial charge >= 0.3 is 0 Å². The maximum Gasteiger partial charge on any atom is 0.269 e. The maximum atomic E-state index is 13.0. The number of hydrogen-bond acceptors (Lipinski definition) is 6. The van der Waals surface area contributed by atoms with Crippen molar-refractivity contribution in [2.45, 2.75) is 25.3 Å². The number of nitrogen functional groups attached to an aromatic ring is 1. The van der Waals surface area contributed by atoms with Crippen LogP contribution in [0.5, 0.6) is 0 Å². The van der Waals surface area contributed by atoms with E-state index in [0.29, 0.717) is 41.4 Å². The monoisotopic (exact) mass is 560 g/mol. The standard InChI is InChI=1S/C31H28N8O3/c1-3-26(40)38-17-5-4-6-24(38)30-37-27(28(29(32)41)39(30)33)20-7-9-21(10-8-20)31(42)36-25-18-22(15-16-35-25)19-11-13-23(34-2)14-12-19/h3,7-16,18,24H,1,4-6,17,33H2,(H2,32,41)(H,35,36,42)/t24-/m0/s1. The van der Waals surface area contributed by atoms with E-state index >= 15 is 0 Å². The zero-order chi connectivity index (χ0) is 29.8. The van der Waals surface area contributed by atoms with Crippen LogP contribution in [0.25, 0.3) is 27.2 Å². The lowest BCUT2D eigenvalue weighted by molar-refractivity contribution is -0.129. The molecule has 210 valence electrons. The molecule has 1 aliphatic rings. The number of aromatic nitrogens is 3. The van der Waals surface area contributed by atoms with E-state index in [9.17, 15) is 14.4 Å². The number of rotatable bonds is 7. The fraction of sp³-hybridized carbons (Fsp3) is 0.161. The third kappa shape index (κ3) is 5.46. The minimum absolute atomic E-state index is 0.00391. The van der Waals surface area contributed by atoms with Crippen LogP contribution in [-0.2, 0) is 4.79 Å². The number of carbonyl (C=O) groups is 3. The van der Waals surface area contributed by atoms with Crippen molar-refractivity contribution in [3.8, 4) is 22.4 Å². The summed E-state index contributed by atoms with van der Waals surface area (Å²) in [5, 5.41) is 2.80. The van der Waals surface area contributed by atoms with Crippen molar-refractivity contribution in [3.63, 3.8) is 0 Å². The quantitative estimate of drug-likeness (QED) is 0.172. The second-order valence-electron chi connectivity index (χ2n) is 9.77. The SMILES string of the molecule is [C-]#[N+]c1ccc(-c2ccnc(NC(=O)c3ccc(-c4nc([C@@H]5CCCCN5C(=O)C=C)n(N)c4C(N)=O)cc3)c2)cc1. The van der Waals surface area contributed by atoms with E-state index in [0.717, 1.165) is 28.6 Å². The lowest BCUT2D eigenvalue weighted by atomic mass is 10.0. The van der Waals surface area contributed by atoms with Crippen LogP contribution in [0, 0.1) is 6.57 Å². The summed E-state index contributed by atoms with van der Waals surface area (Å²) in [4.78, 5) is 51.9. The number of piperidine rings is 1. The second-order valence-corrected chi connectivity index (χ2v) is 9.77. The van der Waals surface area contributed by atoms with E-state index in [1.807, 2.05) is 18.2 Å². The highest BCUT2D eigenvalue weighted by Gasteiger charge is 2.33. The Hall–Kier alpha value is -5.76. The molecule has 3 amide bonds. The first-order valence-electron chi connectivity index (χ1n) is 13.3. The van der Waals surface area contributed by atoms with E-state index in [1.54, 1.807) is 53.6 Å². The Bertz CT molecular complexity index is 1720. The van der Waals surface area contributed by atoms with Gasteiger partial charge in [-0.15, -0.1) is 0 Å². The number of imidazole rings is 1. The molecular formula is C31H28N8O3. The van der Waals surface area contributed by atoms with Crippen LogP contribution in [0.4, 0.5) is 11.5 Å². The number of nitrogens with zero attached hydrogens (tertiary/aromatic N) is 5. The zero-order valence-electron chi connectivity index (χ0n) is 22.7. The molecule has 4 aromatic rings. The van der Waals surface area contributed by atoms with Crippen molar-refractivity contribution < 1.29 is 14.4 Å². The van der Waals surface area contributed by atoms with Gasteiger partial charge in [0.2, 0.25) is 5.91 Å². The van der Waals surface area contributed by atoms with Gasteiger partial charge in [0, 0.05) is 23.9 Å². The highest BCUT2D eigenvalue weighted by molar-refractivity contribution is 6.04. The Morgan fingerprint density at radius 2 is 1.74 bits per heavy atom. The highest BCUT2D eigenvalue weighted by Crippen LogP contribution is 2.34. The van der Waals surface area contributed by atoms with Gasteiger partial charge in [0.15, 0.2) is 17.2 Å². The van der Waals surface area contributed by atoms with E-state index in [-0.39, 0.29) is 23.2 Å². The number of nitrogens with one attached hydrogen (secondary N) is 1. The fourth-order valence-corrected chi connectivity index (χ4v) is 5.08. The van der Waals surface area contributed by atoms with Gasteiger partial charge in [0.25, 0.3) is 11.8 Å². The number of primary amides is 1. The summed E-state index contributed by atoms with van der Waals surface area (Å²) in [6.45, 7) is 11.2. The minimum atomic E-state index is -0.764. The molecule has 11 heteroatoms. The topological polar surface area (TPSA) is 154 Å². The van der Waals surface area contributed by atoms with Crippen LogP contribution < -0.4 is 16.9 Å². The molecule has 3 heterocycles. The molecule has 42 heavy (non-hydrogen) atoms. The number of benzene rings is 2. The number of amides is 3. The summed E-state index contributed by atoms with van der Waals surface area (Å²) < 4.78 is 1.16. The minimum Gasteiger partial charge on any atom is -0.364 e. The zero-order valence-corrected chi connectivity index (χ0v) is 22.7. The van der Waals surface area contributed by atoms with E-state index in [2.05, 4.69) is 26.7 Å². The molecule has 0 unspecified atom stereocenters. The van der Waals surface area contributed by atoms with Gasteiger partial charge in [0.05, 0.1) is 12.6 Å². The maximum absolute atomic E-state index is 13.0. The summed E-state index contributed by atoms with van der Waals surface area (Å²) in [5.74, 6) is 5.65. The molecule has 1 aliphatic heterocycles. The first kappa shape index (κ1) is 27.8. The molecule has 1 saturated heterocycles. The molecule has 11 nitrogen and oxygen atoms in total. The molecule has 0 radical (unpaired) electrons. The molecule has 1 fully saturated rings. The van der Waals surface area contributed by atoms with Gasteiger partial charge < -0.3 is 21.8 Å². The van der Waals surface area contributed by atoms with Crippen LogP contribution in [0.3, 0.4) is 0 Å². The average molecular weight is 561 g/mol. The van der Waals surface area contributed by atoms with E-state index < -0.39 is 11.9 Å². The van der Waals surface area contributed by atoms with Crippen molar-refractivity contribution in [1.82, 2.24) is 19.5 Å². The summed E-state index contributed by atoms with van der Waals surface area (Å²) in [6, 6.07) is 16.8. The Kier molecular flexibility index (Phi) is 7.79. The third-order valence-corrected chi connectivity index (χ3v) is 7.18. The summed E-state index contributed by atoms with van der Waals surface area (Å²) in [7, 11) is 0. The second kappa shape index (κ2) is 11.8. The number of likely N-dealkylation sites (tertiary alicyclic amines) is 1. The first-order chi connectivity index (χ1) is 20.3. The molecular weight excluding hydrogens is 532 g/mol. The largest absolute Gasteiger partial charge is 0.364 e. The number of anilines is 1. The molecule has 5 N–H and O–H groups in total. The first-order valence-corrected chi connectivity index (χ1v) is 13.3. The fourth-order valence-electron chi connectivity index (χ4n) is 5.08. The number of hydrogen-bond donors (Lipinski definition) is 3. The lowest BCUT2D eigenvalue weighted by Crippen LogP contribution is -2.39. The lowest BCUT2D eigenvalue weighted by Gasteiger charge is -2.34. The van der Waals surface area contributed by atoms with Crippen molar-refractivity contribution in [2.24, 2.45) is 5.73 Å². The Morgan fingerprint density at radius 3 is 2.40 bits per heavy atom. The van der Waals surface area contributed by atoms with Gasteiger partial charge in [-0.1, -0.05) is 43.0 Å². The van der Waals surface area contributed by atoms with Crippen molar-refractivity contribution in [2.75, 3.05) is 17.7 Å². The Balaban J connectivity index is 1.38. The molecule has 2 aromatic heterocycles. The molecule has 1 atom stereocenters. The Labute approximate surface area is 242 Å². The van der Waals surface area contributed by atoms with Crippen LogP contribution in [0.15, 0.2) is 79.5 Å². The Morgan fingerprint density at radius 1 is 1.02 bits per heavy atom. The summed E-state index contributed by atoms with van der Waals surface area (Å²) in [5.41, 5.74) is 9.12. The van der Waals surface area contributed by atoms with Crippen molar-refractivity contribution >= 4 is 29.2 Å². The number of pyridine rings is 1. The van der Waals surface area contributed by atoms with Gasteiger partial charge in [-0.25, -0.2) is 19.5 Å². The van der Waals surface area contributed by atoms with Gasteiger partial charge in [-0.2, -0.15) is 0 Å². The molecule has 0 saturated carbocycles. The normalized spacial score (nSPS) is 14.5. The summed E-state index contributed by atoms with van der Waals surface area (Å²) in [6.07, 6.45) is 5.19. The average Bonchev–Trinajstić information content (AvgIpc) is 3.37. The molecule has 0 bridgehead atoms. The molecule has 2 aromatic carbocycles. The van der Waals surface area contributed by atoms with Crippen LogP contribution in [-0.4, -0.2) is 43.8 Å². The van der Waals surface area contributed by atoms with Gasteiger partial charge in [0.1, 0.15) is 11.5 Å². The highest BCUT2D eigenvalue weighted by atomic mass is 16.2. The molecule has 0 spiro atoms. The van der Waals surface area contributed by atoms with Crippen LogP contribution in [0.1, 0.15) is 52.0 Å². The predicted molar refractivity (Wildman–Crippen MR) is 159 cm³/mol. The summed E-state index contributed by atoms with van der Waals surface area (Å²) >= 11 is 0. The van der Waals surface area contributed by atoms with E-state index in [1.165, 1.54) is 6.08 Å². The van der Waals surface area contributed by atoms with Crippen LogP contribution in [0.2, 0.25) is 0 Å². The number of carbonyl (C=O) groups excluding carboxylic acids is 3. The third-order valence-electron chi connectivity index (χ3n) is 7.18. The van der Waals surface area contributed by atoms with Crippen molar-refractivity contribution in [3.05, 3.63) is 108 Å². The predicted octanol–water partition coefficient (Wildman–Crippen LogP) is 4.47. The van der Waals surface area contributed by atoms with E-state index in [4.69, 9.17) is 18.1 Å². The number of nitrogens with two attached hydrogens (primary N) is 2. The van der Waals surface area contributed by atoms with Crippen molar-refractivity contribution in [1.29, 1.82) is 0 Å².